The van der Waals surface area contributed by atoms with E-state index in [2.05, 4.69) is 184 Å². The second kappa shape index (κ2) is 25.1. The average Bonchev–Trinajstić information content (AvgIpc) is 3.15. The van der Waals surface area contributed by atoms with Gasteiger partial charge in [0.1, 0.15) is 0 Å². The van der Waals surface area contributed by atoms with E-state index in [0.29, 0.717) is 0 Å². The van der Waals surface area contributed by atoms with Gasteiger partial charge in [-0.2, -0.15) is 0 Å². The molecule has 0 spiro atoms. The minimum atomic E-state index is -1.71. The first-order chi connectivity index (χ1) is 23.8. The van der Waals surface area contributed by atoms with E-state index in [0.717, 1.165) is 0 Å². The molecule has 0 unspecified atom stereocenters. The molecule has 0 amide bonds. The SMILES string of the molecule is C[Si](C)([N-][Si](C)(C)c1ccccc1)c1ccccc1.C[Si](C)([N-][Si](C)(C)c1ccccc1)c1ccccc1.[O-2].[O-2].[U].c1ccncc1.c1ccncc1. The van der Waals surface area contributed by atoms with Gasteiger partial charge in [0.15, 0.2) is 0 Å². The molecule has 2 aromatic heterocycles. The van der Waals surface area contributed by atoms with Crippen LogP contribution < -0.4 is 20.7 Å². The molecule has 11 heteroatoms. The standard InChI is InChI=1S/2C16H22NSi2.2C5H5N.2O.U/c2*1-18(2,15-11-7-5-8-12-15)17-19(3,4)16-13-9-6-10-14-16;2*1-2-4-6-5-3-1;;;/h2*5-14H,1-4H3;2*1-5H;;;/q2*-1;;;2*-2;. The third-order valence-corrected chi connectivity index (χ3v) is 24.1. The topological polar surface area (TPSA) is 111 Å². The van der Waals surface area contributed by atoms with Gasteiger partial charge in [0.05, 0.1) is 0 Å². The molecule has 0 aliphatic heterocycles. The van der Waals surface area contributed by atoms with Gasteiger partial charge in [0.2, 0.25) is 0 Å². The molecule has 6 rings (SSSR count). The Kier molecular flexibility index (Phi) is 23.7. The monoisotopic (exact) mass is 996 g/mol. The van der Waals surface area contributed by atoms with Gasteiger partial charge in [-0.15, -0.1) is 0 Å². The number of benzene rings is 4. The normalized spacial score (nSPS) is 10.7. The predicted octanol–water partition coefficient (Wildman–Crippen LogP) is 9.10. The van der Waals surface area contributed by atoms with E-state index >= 15 is 0 Å². The van der Waals surface area contributed by atoms with Gasteiger partial charge in [-0.05, 0) is 57.2 Å². The Bertz CT molecular complexity index is 1460. The minimum absolute atomic E-state index is 0. The van der Waals surface area contributed by atoms with E-state index < -0.39 is 32.9 Å². The van der Waals surface area contributed by atoms with Crippen LogP contribution in [-0.4, -0.2) is 42.9 Å². The van der Waals surface area contributed by atoms with Crippen molar-refractivity contribution in [3.05, 3.63) is 192 Å². The Labute approximate surface area is 347 Å². The smallest absolute Gasteiger partial charge is 0.0267 e. The molecule has 2 heterocycles. The van der Waals surface area contributed by atoms with Crippen LogP contribution in [0.4, 0.5) is 0 Å². The van der Waals surface area contributed by atoms with E-state index in [9.17, 15) is 0 Å². The molecule has 0 bridgehead atoms. The number of nitrogens with zero attached hydrogens (tertiary/aromatic N) is 4. The predicted molar refractivity (Wildman–Crippen MR) is 231 cm³/mol. The van der Waals surface area contributed by atoms with Crippen molar-refractivity contribution >= 4 is 53.7 Å². The van der Waals surface area contributed by atoms with Crippen LogP contribution in [0.3, 0.4) is 0 Å². The molecular formula is C42H54N4O2Si4U-6. The Hall–Kier alpha value is -3.06. The molecule has 6 aromatic rings. The summed E-state index contributed by atoms with van der Waals surface area (Å²) in [5.41, 5.74) is 0. The summed E-state index contributed by atoms with van der Waals surface area (Å²) in [5.74, 6) is 0. The molecule has 0 atom stereocenters. The quantitative estimate of drug-likeness (QED) is 0.142. The van der Waals surface area contributed by atoms with E-state index in [4.69, 9.17) is 9.30 Å². The van der Waals surface area contributed by atoms with Crippen molar-refractivity contribution in [2.45, 2.75) is 52.4 Å². The van der Waals surface area contributed by atoms with Crippen molar-refractivity contribution in [2.24, 2.45) is 0 Å². The van der Waals surface area contributed by atoms with Crippen molar-refractivity contribution in [3.8, 4) is 0 Å². The largest absolute Gasteiger partial charge is 2.00 e. The second-order valence-corrected chi connectivity index (χ2v) is 30.5. The van der Waals surface area contributed by atoms with E-state index in [-0.39, 0.29) is 42.1 Å². The molecule has 53 heavy (non-hydrogen) atoms. The molecule has 0 aliphatic carbocycles. The average molecular weight is 997 g/mol. The van der Waals surface area contributed by atoms with Crippen molar-refractivity contribution < 1.29 is 42.1 Å². The van der Waals surface area contributed by atoms with E-state index in [1.165, 1.54) is 20.7 Å². The zero-order chi connectivity index (χ0) is 36.4. The number of pyridine rings is 2. The zero-order valence-corrected chi connectivity index (χ0v) is 40.6. The minimum Gasteiger partial charge on any atom is -2.00 e. The summed E-state index contributed by atoms with van der Waals surface area (Å²) < 4.78 is 10.7. The van der Waals surface area contributed by atoms with Crippen molar-refractivity contribution in [1.82, 2.24) is 9.97 Å². The summed E-state index contributed by atoms with van der Waals surface area (Å²) in [5, 5.41) is 5.69. The molecule has 0 saturated heterocycles. The number of rotatable bonds is 8. The summed E-state index contributed by atoms with van der Waals surface area (Å²) in [4.78, 5) is 7.57. The van der Waals surface area contributed by atoms with Crippen molar-refractivity contribution in [1.29, 1.82) is 0 Å². The van der Waals surface area contributed by atoms with E-state index in [1.54, 1.807) is 24.8 Å². The molecule has 0 fully saturated rings. The fraction of sp³-hybridized carbons (Fsp3) is 0.190. The molecule has 6 nitrogen and oxygen atoms in total. The third kappa shape index (κ3) is 18.2. The van der Waals surface area contributed by atoms with Crippen molar-refractivity contribution in [3.63, 3.8) is 0 Å². The number of hydrogen-bond donors (Lipinski definition) is 0. The summed E-state index contributed by atoms with van der Waals surface area (Å²) in [6, 6.07) is 54.5. The Balaban J connectivity index is 0.000000745. The summed E-state index contributed by atoms with van der Waals surface area (Å²) in [7, 11) is -6.84. The Morgan fingerprint density at radius 2 is 0.472 bits per heavy atom. The van der Waals surface area contributed by atoms with Gasteiger partial charge in [0, 0.05) is 55.9 Å². The van der Waals surface area contributed by atoms with Gasteiger partial charge >= 0.3 is 0 Å². The molecule has 0 aliphatic rings. The Morgan fingerprint density at radius 3 is 0.604 bits per heavy atom. The molecule has 0 saturated carbocycles. The van der Waals surface area contributed by atoms with Gasteiger partial charge in [0.25, 0.3) is 0 Å². The van der Waals surface area contributed by atoms with E-state index in [1.807, 2.05) is 36.4 Å². The van der Waals surface area contributed by atoms with Gasteiger partial charge in [-0.25, -0.2) is 0 Å². The fourth-order valence-corrected chi connectivity index (χ4v) is 22.9. The molecule has 0 radical (unpaired) electrons. The molecule has 280 valence electrons. The van der Waals surface area contributed by atoms with Crippen LogP contribution in [-0.2, 0) is 11.0 Å². The summed E-state index contributed by atoms with van der Waals surface area (Å²) in [6.07, 6.45) is 7.00. The van der Waals surface area contributed by atoms with Crippen LogP contribution in [0.5, 0.6) is 0 Å². The van der Waals surface area contributed by atoms with Gasteiger partial charge in [-0.1, -0.05) is 207 Å². The summed E-state index contributed by atoms with van der Waals surface area (Å²) >= 11 is 0. The van der Waals surface area contributed by atoms with Crippen LogP contribution in [0.2, 0.25) is 52.4 Å². The first kappa shape index (κ1) is 49.9. The third-order valence-electron chi connectivity index (χ3n) is 8.17. The maximum atomic E-state index is 5.36. The maximum absolute atomic E-state index is 5.36. The van der Waals surface area contributed by atoms with Crippen LogP contribution in [0.25, 0.3) is 9.30 Å². The summed E-state index contributed by atoms with van der Waals surface area (Å²) in [6.45, 7) is 18.8. The molecular weight excluding hydrogens is 943 g/mol. The van der Waals surface area contributed by atoms with Crippen LogP contribution in [0, 0.1) is 31.1 Å². The van der Waals surface area contributed by atoms with Gasteiger partial charge in [-0.3, -0.25) is 9.97 Å². The van der Waals surface area contributed by atoms with Crippen LogP contribution >= 0.6 is 0 Å². The molecule has 4 aromatic carbocycles. The number of aromatic nitrogens is 2. The van der Waals surface area contributed by atoms with Gasteiger partial charge < -0.3 is 20.2 Å². The second-order valence-electron chi connectivity index (χ2n) is 14.0. The Morgan fingerprint density at radius 1 is 0.302 bits per heavy atom. The number of hydrogen-bond acceptors (Lipinski definition) is 2. The van der Waals surface area contributed by atoms with Crippen molar-refractivity contribution in [2.75, 3.05) is 0 Å². The first-order valence-corrected chi connectivity index (χ1v) is 29.0. The van der Waals surface area contributed by atoms with Crippen LogP contribution in [0.15, 0.2) is 183 Å². The zero-order valence-electron chi connectivity index (χ0n) is 32.4. The molecule has 0 N–H and O–H groups in total. The maximum Gasteiger partial charge on any atom is 0.0267 e. The van der Waals surface area contributed by atoms with Crippen LogP contribution in [0.1, 0.15) is 0 Å². The fourth-order valence-electron chi connectivity index (χ4n) is 5.67. The first-order valence-electron chi connectivity index (χ1n) is 17.2.